The number of nitrogens with one attached hydrogen (secondary N) is 1. The van der Waals surface area contributed by atoms with E-state index >= 15 is 0 Å². The number of fused-ring (bicyclic) bond motifs is 5. The Balaban J connectivity index is 1.46. The standard InChI is InChI=1S/C36H42Cl2N6O8S/c1-22-14-30(41-52-22)36(46)43-11-5-6-13-44(53(47,48)25-9-10-27(37)28(38)16-25)20-24-15-26-29(17-31(49-2)34(51-4)33(26)50-3)40-35(24)42-12-7-8-23(19-42)18-39-32(45)21-43/h9-10,14-17,23H,5-8,11-13,18-21H2,1-4H3,(H,39,45). The number of benzene rings is 2. The molecule has 4 aromatic rings. The maximum absolute atomic E-state index is 14.5. The number of halogens is 2. The summed E-state index contributed by atoms with van der Waals surface area (Å²) in [5.41, 5.74) is 1.31. The van der Waals surface area contributed by atoms with Crippen molar-refractivity contribution in [3.63, 3.8) is 0 Å². The monoisotopic (exact) mass is 788 g/mol. The molecule has 2 aromatic heterocycles. The summed E-state index contributed by atoms with van der Waals surface area (Å²) >= 11 is 12.5. The highest BCUT2D eigenvalue weighted by atomic mass is 35.5. The predicted molar refractivity (Wildman–Crippen MR) is 200 cm³/mol. The molecule has 0 radical (unpaired) electrons. The van der Waals surface area contributed by atoms with Crippen LogP contribution in [0.5, 0.6) is 17.2 Å². The molecule has 1 fully saturated rings. The summed E-state index contributed by atoms with van der Waals surface area (Å²) in [6.07, 6.45) is 2.40. The van der Waals surface area contributed by atoms with Crippen LogP contribution in [0.25, 0.3) is 10.9 Å². The van der Waals surface area contributed by atoms with Crippen molar-refractivity contribution in [1.29, 1.82) is 0 Å². The molecular weight excluding hydrogens is 747 g/mol. The van der Waals surface area contributed by atoms with Gasteiger partial charge >= 0.3 is 0 Å². The molecule has 284 valence electrons. The molecule has 1 saturated heterocycles. The lowest BCUT2D eigenvalue weighted by molar-refractivity contribution is -0.122. The van der Waals surface area contributed by atoms with E-state index < -0.39 is 15.9 Å². The second-order valence-electron chi connectivity index (χ2n) is 13.1. The van der Waals surface area contributed by atoms with Crippen molar-refractivity contribution < 1.29 is 36.7 Å². The van der Waals surface area contributed by atoms with E-state index in [1.807, 2.05) is 6.07 Å². The first kappa shape index (κ1) is 38.4. The van der Waals surface area contributed by atoms with Crippen LogP contribution in [-0.2, 0) is 21.4 Å². The molecule has 1 unspecified atom stereocenters. The number of nitrogens with zero attached hydrogens (tertiary/aromatic N) is 5. The second kappa shape index (κ2) is 16.4. The Morgan fingerprint density at radius 3 is 2.42 bits per heavy atom. The zero-order valence-corrected chi connectivity index (χ0v) is 32.3. The number of carbonyl (C=O) groups is 2. The topological polar surface area (TPSA) is 157 Å². The molecule has 17 heteroatoms. The van der Waals surface area contributed by atoms with E-state index in [0.717, 1.165) is 12.8 Å². The minimum Gasteiger partial charge on any atom is -0.493 e. The average molecular weight is 790 g/mol. The van der Waals surface area contributed by atoms with Gasteiger partial charge in [0.2, 0.25) is 21.7 Å². The highest BCUT2D eigenvalue weighted by molar-refractivity contribution is 7.89. The van der Waals surface area contributed by atoms with Gasteiger partial charge in [0.05, 0.1) is 48.3 Å². The van der Waals surface area contributed by atoms with Crippen LogP contribution in [0.3, 0.4) is 0 Å². The SMILES string of the molecule is COc1cc2nc3c(cc2c(OC)c1OC)CN(S(=O)(=O)c1ccc(Cl)c(Cl)c1)CCCCN(C(=O)c1cc(C)on1)CC(=O)NCC1CCCN3C1. The summed E-state index contributed by atoms with van der Waals surface area (Å²) in [6.45, 7) is 3.31. The van der Waals surface area contributed by atoms with Gasteiger partial charge in [-0.05, 0) is 62.8 Å². The van der Waals surface area contributed by atoms with Crippen molar-refractivity contribution in [3.8, 4) is 17.2 Å². The van der Waals surface area contributed by atoms with E-state index in [1.165, 1.54) is 54.8 Å². The summed E-state index contributed by atoms with van der Waals surface area (Å²) in [5.74, 6) is 1.61. The first-order chi connectivity index (χ1) is 25.4. The molecule has 2 bridgehead atoms. The van der Waals surface area contributed by atoms with Crippen LogP contribution in [0, 0.1) is 12.8 Å². The molecule has 1 N–H and O–H groups in total. The van der Waals surface area contributed by atoms with Crippen LogP contribution >= 0.6 is 23.2 Å². The van der Waals surface area contributed by atoms with Gasteiger partial charge in [0.1, 0.15) is 11.6 Å². The van der Waals surface area contributed by atoms with Crippen molar-refractivity contribution in [2.75, 3.05) is 65.5 Å². The number of aromatic nitrogens is 2. The van der Waals surface area contributed by atoms with Crippen LogP contribution in [0.15, 0.2) is 45.8 Å². The zero-order chi connectivity index (χ0) is 37.9. The quantitative estimate of drug-likeness (QED) is 0.270. The number of pyridine rings is 1. The molecule has 2 amide bonds. The Bertz CT molecular complexity index is 2110. The highest BCUT2D eigenvalue weighted by Gasteiger charge is 2.31. The number of amides is 2. The summed E-state index contributed by atoms with van der Waals surface area (Å²) in [5, 5.41) is 7.85. The van der Waals surface area contributed by atoms with Gasteiger partial charge < -0.3 is 33.9 Å². The summed E-state index contributed by atoms with van der Waals surface area (Å²) < 4.78 is 52.6. The largest absolute Gasteiger partial charge is 0.493 e. The molecule has 4 heterocycles. The fourth-order valence-corrected chi connectivity index (χ4v) is 8.70. The zero-order valence-electron chi connectivity index (χ0n) is 30.0. The number of carbonyl (C=O) groups excluding carboxylic acids is 2. The van der Waals surface area contributed by atoms with Crippen LogP contribution in [0.1, 0.15) is 47.5 Å². The van der Waals surface area contributed by atoms with Crippen LogP contribution in [-0.4, -0.2) is 100 Å². The van der Waals surface area contributed by atoms with E-state index in [9.17, 15) is 18.0 Å². The molecule has 0 aliphatic carbocycles. The molecule has 0 spiro atoms. The smallest absolute Gasteiger partial charge is 0.276 e. The molecule has 53 heavy (non-hydrogen) atoms. The minimum atomic E-state index is -4.15. The molecule has 2 aliphatic heterocycles. The van der Waals surface area contributed by atoms with E-state index in [-0.39, 0.29) is 58.6 Å². The number of sulfonamides is 1. The first-order valence-corrected chi connectivity index (χ1v) is 19.4. The lowest BCUT2D eigenvalue weighted by Crippen LogP contribution is -2.45. The van der Waals surface area contributed by atoms with Gasteiger partial charge in [-0.2, -0.15) is 4.31 Å². The van der Waals surface area contributed by atoms with Crippen molar-refractivity contribution in [1.82, 2.24) is 24.7 Å². The van der Waals surface area contributed by atoms with Crippen molar-refractivity contribution >= 4 is 61.8 Å². The number of ether oxygens (including phenoxy) is 3. The number of rotatable bonds is 6. The summed E-state index contributed by atoms with van der Waals surface area (Å²) in [7, 11) is 0.423. The molecule has 6 rings (SSSR count). The summed E-state index contributed by atoms with van der Waals surface area (Å²) in [4.78, 5) is 35.4. The first-order valence-electron chi connectivity index (χ1n) is 17.3. The molecule has 14 nitrogen and oxygen atoms in total. The van der Waals surface area contributed by atoms with Crippen molar-refractivity contribution in [2.24, 2.45) is 5.92 Å². The maximum atomic E-state index is 14.5. The Hall–Kier alpha value is -4.31. The number of methoxy groups -OCH3 is 3. The van der Waals surface area contributed by atoms with Crippen LogP contribution in [0.4, 0.5) is 5.82 Å². The minimum absolute atomic E-state index is 0.0199. The van der Waals surface area contributed by atoms with Gasteiger partial charge in [0.25, 0.3) is 5.91 Å². The van der Waals surface area contributed by atoms with Crippen LogP contribution in [0.2, 0.25) is 10.0 Å². The highest BCUT2D eigenvalue weighted by Crippen LogP contribution is 2.44. The van der Waals surface area contributed by atoms with Gasteiger partial charge in [-0.25, -0.2) is 13.4 Å². The third kappa shape index (κ3) is 8.27. The number of hydrogen-bond acceptors (Lipinski definition) is 11. The number of piperidine rings is 1. The van der Waals surface area contributed by atoms with Gasteiger partial charge in [-0.3, -0.25) is 9.59 Å². The number of aryl methyl sites for hydroxylation is 1. The van der Waals surface area contributed by atoms with Crippen molar-refractivity contribution in [3.05, 3.63) is 63.5 Å². The second-order valence-corrected chi connectivity index (χ2v) is 15.9. The van der Waals surface area contributed by atoms with Gasteiger partial charge in [-0.1, -0.05) is 28.4 Å². The number of anilines is 1. The van der Waals surface area contributed by atoms with Crippen molar-refractivity contribution in [2.45, 2.75) is 44.0 Å². The summed E-state index contributed by atoms with van der Waals surface area (Å²) in [6, 6.07) is 9.41. The molecule has 1 atom stereocenters. The number of hydrogen-bond donors (Lipinski definition) is 1. The Labute approximate surface area is 318 Å². The molecule has 2 aromatic carbocycles. The third-order valence-corrected chi connectivity index (χ3v) is 12.1. The lowest BCUT2D eigenvalue weighted by atomic mass is 9.97. The molecule has 2 aliphatic rings. The molecular formula is C36H42Cl2N6O8S. The fourth-order valence-electron chi connectivity index (χ4n) is 6.86. The lowest BCUT2D eigenvalue weighted by Gasteiger charge is -2.36. The Kier molecular flexibility index (Phi) is 11.9. The van der Waals surface area contributed by atoms with Crippen LogP contribution < -0.4 is 24.4 Å². The van der Waals surface area contributed by atoms with E-state index in [0.29, 0.717) is 77.8 Å². The predicted octanol–water partition coefficient (Wildman–Crippen LogP) is 5.32. The Morgan fingerprint density at radius 1 is 0.943 bits per heavy atom. The average Bonchev–Trinajstić information content (AvgIpc) is 3.59. The van der Waals surface area contributed by atoms with Gasteiger partial charge in [0.15, 0.2) is 17.2 Å². The van der Waals surface area contributed by atoms with Gasteiger partial charge in [0, 0.05) is 62.4 Å². The fraction of sp³-hybridized carbons (Fsp3) is 0.444. The third-order valence-electron chi connectivity index (χ3n) is 9.51. The maximum Gasteiger partial charge on any atom is 0.276 e. The van der Waals surface area contributed by atoms with E-state index in [4.69, 9.17) is 46.9 Å². The Morgan fingerprint density at radius 2 is 1.72 bits per heavy atom. The molecule has 0 saturated carbocycles. The van der Waals surface area contributed by atoms with E-state index in [2.05, 4.69) is 15.4 Å². The normalized spacial score (nSPS) is 18.0. The van der Waals surface area contributed by atoms with Gasteiger partial charge in [-0.15, -0.1) is 0 Å². The van der Waals surface area contributed by atoms with E-state index in [1.54, 1.807) is 13.0 Å².